The first-order valence-corrected chi connectivity index (χ1v) is 6.92. The van der Waals surface area contributed by atoms with Crippen LogP contribution in [0.3, 0.4) is 0 Å². The van der Waals surface area contributed by atoms with E-state index in [0.717, 1.165) is 31.2 Å². The Balaban J connectivity index is 2.08. The van der Waals surface area contributed by atoms with Gasteiger partial charge in [-0.2, -0.15) is 0 Å². The van der Waals surface area contributed by atoms with Crippen molar-refractivity contribution in [3.63, 3.8) is 0 Å². The summed E-state index contributed by atoms with van der Waals surface area (Å²) in [6.07, 6.45) is 3.85. The Morgan fingerprint density at radius 3 is 2.68 bits per heavy atom. The molecule has 1 saturated carbocycles. The minimum Gasteiger partial charge on any atom is -0.389 e. The van der Waals surface area contributed by atoms with Gasteiger partial charge in [-0.1, -0.05) is 25.0 Å². The molecule has 0 aromatic heterocycles. The Labute approximate surface area is 114 Å². The van der Waals surface area contributed by atoms with Crippen molar-refractivity contribution in [1.82, 2.24) is 4.90 Å². The Hall–Kier alpha value is -0.970. The molecule has 0 aliphatic heterocycles. The summed E-state index contributed by atoms with van der Waals surface area (Å²) >= 11 is 0. The van der Waals surface area contributed by atoms with E-state index in [4.69, 9.17) is 5.73 Å². The van der Waals surface area contributed by atoms with Gasteiger partial charge >= 0.3 is 0 Å². The molecule has 19 heavy (non-hydrogen) atoms. The summed E-state index contributed by atoms with van der Waals surface area (Å²) in [4.78, 5) is 2.04. The molecule has 2 rings (SSSR count). The largest absolute Gasteiger partial charge is 0.389 e. The number of benzene rings is 1. The Morgan fingerprint density at radius 2 is 2.11 bits per heavy atom. The zero-order chi connectivity index (χ0) is 13.9. The second-order valence-corrected chi connectivity index (χ2v) is 5.65. The smallest absolute Gasteiger partial charge is 0.123 e. The highest BCUT2D eigenvalue weighted by molar-refractivity contribution is 5.20. The molecule has 106 valence electrons. The molecular formula is C15H23FN2O. The molecular weight excluding hydrogens is 243 g/mol. The van der Waals surface area contributed by atoms with Crippen LogP contribution in [0.25, 0.3) is 0 Å². The number of halogens is 1. The van der Waals surface area contributed by atoms with Crippen LogP contribution in [0.1, 0.15) is 37.3 Å². The van der Waals surface area contributed by atoms with Gasteiger partial charge in [0.25, 0.3) is 0 Å². The normalized spacial score (nSPS) is 19.8. The number of hydrogen-bond donors (Lipinski definition) is 2. The second-order valence-electron chi connectivity index (χ2n) is 5.65. The van der Waals surface area contributed by atoms with Crippen LogP contribution in [0.4, 0.5) is 4.39 Å². The Kier molecular flexibility index (Phi) is 4.55. The first kappa shape index (κ1) is 14.4. The zero-order valence-electron chi connectivity index (χ0n) is 11.5. The van der Waals surface area contributed by atoms with Crippen molar-refractivity contribution in [3.05, 3.63) is 35.6 Å². The minimum atomic E-state index is -0.602. The second kappa shape index (κ2) is 5.99. The monoisotopic (exact) mass is 266 g/mol. The lowest BCUT2D eigenvalue weighted by Crippen LogP contribution is -2.42. The number of likely N-dealkylation sites (N-methyl/N-ethyl adjacent to an activating group) is 1. The molecule has 0 heterocycles. The summed E-state index contributed by atoms with van der Waals surface area (Å²) < 4.78 is 13.3. The van der Waals surface area contributed by atoms with Gasteiger partial charge in [-0.3, -0.25) is 4.90 Å². The first-order chi connectivity index (χ1) is 9.04. The molecule has 1 aromatic carbocycles. The van der Waals surface area contributed by atoms with Crippen molar-refractivity contribution in [1.29, 1.82) is 0 Å². The fraction of sp³-hybridized carbons (Fsp3) is 0.600. The van der Waals surface area contributed by atoms with Gasteiger partial charge in [0.05, 0.1) is 5.60 Å². The first-order valence-electron chi connectivity index (χ1n) is 6.92. The molecule has 0 spiro atoms. The molecule has 3 N–H and O–H groups in total. The Bertz CT molecular complexity index is 418. The highest BCUT2D eigenvalue weighted by Gasteiger charge is 2.33. The minimum absolute atomic E-state index is 0.0553. The van der Waals surface area contributed by atoms with Gasteiger partial charge in [-0.25, -0.2) is 4.39 Å². The van der Waals surface area contributed by atoms with Gasteiger partial charge in [-0.15, -0.1) is 0 Å². The summed E-state index contributed by atoms with van der Waals surface area (Å²) in [5.41, 5.74) is 6.09. The predicted molar refractivity (Wildman–Crippen MR) is 74.2 cm³/mol. The van der Waals surface area contributed by atoms with E-state index in [2.05, 4.69) is 0 Å². The van der Waals surface area contributed by atoms with Crippen molar-refractivity contribution >= 4 is 0 Å². The van der Waals surface area contributed by atoms with Gasteiger partial charge in [-0.05, 0) is 37.6 Å². The lowest BCUT2D eigenvalue weighted by atomic mass is 9.99. The highest BCUT2D eigenvalue weighted by atomic mass is 19.1. The number of nitrogens with zero attached hydrogens (tertiary/aromatic N) is 1. The summed E-state index contributed by atoms with van der Waals surface area (Å²) in [7, 11) is 1.94. The molecule has 4 heteroatoms. The van der Waals surface area contributed by atoms with Crippen LogP contribution >= 0.6 is 0 Å². The quantitative estimate of drug-likeness (QED) is 0.857. The van der Waals surface area contributed by atoms with E-state index < -0.39 is 5.60 Å². The third-order valence-electron chi connectivity index (χ3n) is 4.07. The molecule has 0 amide bonds. The zero-order valence-corrected chi connectivity index (χ0v) is 11.5. The van der Waals surface area contributed by atoms with E-state index in [-0.39, 0.29) is 11.9 Å². The maximum absolute atomic E-state index is 13.3. The lowest BCUT2D eigenvalue weighted by molar-refractivity contribution is 0.00591. The average Bonchev–Trinajstić information content (AvgIpc) is 2.76. The third kappa shape index (κ3) is 3.53. The van der Waals surface area contributed by atoms with Crippen LogP contribution in [0.2, 0.25) is 0 Å². The van der Waals surface area contributed by atoms with E-state index in [0.29, 0.717) is 13.1 Å². The highest BCUT2D eigenvalue weighted by Crippen LogP contribution is 2.32. The van der Waals surface area contributed by atoms with Gasteiger partial charge in [0.15, 0.2) is 0 Å². The maximum atomic E-state index is 13.3. The topological polar surface area (TPSA) is 49.5 Å². The van der Waals surface area contributed by atoms with Crippen molar-refractivity contribution in [2.45, 2.75) is 37.3 Å². The van der Waals surface area contributed by atoms with E-state index in [9.17, 15) is 9.50 Å². The van der Waals surface area contributed by atoms with Crippen LogP contribution in [-0.2, 0) is 0 Å². The van der Waals surface area contributed by atoms with E-state index >= 15 is 0 Å². The molecule has 0 radical (unpaired) electrons. The van der Waals surface area contributed by atoms with Crippen molar-refractivity contribution in [2.75, 3.05) is 20.1 Å². The molecule has 1 aromatic rings. The molecule has 1 unspecified atom stereocenters. The van der Waals surface area contributed by atoms with Crippen LogP contribution in [0, 0.1) is 5.82 Å². The molecule has 3 nitrogen and oxygen atoms in total. The van der Waals surface area contributed by atoms with Crippen molar-refractivity contribution in [3.8, 4) is 0 Å². The molecule has 1 fully saturated rings. The summed E-state index contributed by atoms with van der Waals surface area (Å²) in [6, 6.07) is 6.48. The van der Waals surface area contributed by atoms with E-state index in [1.54, 1.807) is 6.07 Å². The number of rotatable bonds is 5. The number of aliphatic hydroxyl groups is 1. The lowest BCUT2D eigenvalue weighted by Gasteiger charge is -2.34. The van der Waals surface area contributed by atoms with Crippen LogP contribution in [-0.4, -0.2) is 35.7 Å². The summed E-state index contributed by atoms with van der Waals surface area (Å²) in [5, 5.41) is 10.5. The van der Waals surface area contributed by atoms with Crippen LogP contribution < -0.4 is 5.73 Å². The van der Waals surface area contributed by atoms with E-state index in [1.165, 1.54) is 12.1 Å². The fourth-order valence-electron chi connectivity index (χ4n) is 3.05. The molecule has 0 saturated heterocycles. The van der Waals surface area contributed by atoms with Crippen LogP contribution in [0.5, 0.6) is 0 Å². The van der Waals surface area contributed by atoms with Crippen molar-refractivity contribution < 1.29 is 9.50 Å². The SMILES string of the molecule is CN(CC1(O)CCCC1)C(CN)c1cccc(F)c1. The maximum Gasteiger partial charge on any atom is 0.123 e. The predicted octanol–water partition coefficient (Wildman–Crippen LogP) is 2.06. The van der Waals surface area contributed by atoms with Gasteiger partial charge in [0.1, 0.15) is 5.82 Å². The molecule has 0 bridgehead atoms. The summed E-state index contributed by atoms with van der Waals surface area (Å²) in [6.45, 7) is 1.00. The molecule has 1 aliphatic carbocycles. The van der Waals surface area contributed by atoms with Crippen molar-refractivity contribution in [2.24, 2.45) is 5.73 Å². The molecule has 1 aliphatic rings. The van der Waals surface area contributed by atoms with Gasteiger partial charge in [0.2, 0.25) is 0 Å². The third-order valence-corrected chi connectivity index (χ3v) is 4.07. The average molecular weight is 266 g/mol. The van der Waals surface area contributed by atoms with Crippen LogP contribution in [0.15, 0.2) is 24.3 Å². The summed E-state index contributed by atoms with van der Waals surface area (Å²) in [5.74, 6) is -0.246. The Morgan fingerprint density at radius 1 is 1.42 bits per heavy atom. The number of hydrogen-bond acceptors (Lipinski definition) is 3. The number of nitrogens with two attached hydrogens (primary N) is 1. The molecule has 1 atom stereocenters. The van der Waals surface area contributed by atoms with E-state index in [1.807, 2.05) is 18.0 Å². The fourth-order valence-corrected chi connectivity index (χ4v) is 3.05. The van der Waals surface area contributed by atoms with Gasteiger partial charge in [0, 0.05) is 19.1 Å². The standard InChI is InChI=1S/C15H23FN2O/c1-18(11-15(19)7-2-3-8-15)14(10-17)12-5-4-6-13(16)9-12/h4-6,9,14,19H,2-3,7-8,10-11,17H2,1H3. The van der Waals surface area contributed by atoms with Gasteiger partial charge < -0.3 is 10.8 Å².